The van der Waals surface area contributed by atoms with Crippen LogP contribution in [0.5, 0.6) is 11.5 Å². The van der Waals surface area contributed by atoms with Crippen molar-refractivity contribution in [1.82, 2.24) is 4.98 Å². The fourth-order valence-electron chi connectivity index (χ4n) is 3.05. The number of amides is 1. The van der Waals surface area contributed by atoms with Gasteiger partial charge in [-0.15, -0.1) is 0 Å². The van der Waals surface area contributed by atoms with Crippen molar-refractivity contribution in [3.8, 4) is 11.5 Å². The predicted octanol–water partition coefficient (Wildman–Crippen LogP) is 2.90. The van der Waals surface area contributed by atoms with E-state index in [1.165, 1.54) is 0 Å². The molecule has 2 N–H and O–H groups in total. The van der Waals surface area contributed by atoms with Crippen molar-refractivity contribution in [2.45, 2.75) is 25.7 Å². The Kier molecular flexibility index (Phi) is 3.29. The highest BCUT2D eigenvalue weighted by Gasteiger charge is 2.25. The summed E-state index contributed by atoms with van der Waals surface area (Å²) in [5.74, 6) is 1.01. The molecule has 1 amide bonds. The van der Waals surface area contributed by atoms with Gasteiger partial charge in [0.1, 0.15) is 0 Å². The predicted molar refractivity (Wildman–Crippen MR) is 83.2 cm³/mol. The van der Waals surface area contributed by atoms with E-state index < -0.39 is 0 Å². The van der Waals surface area contributed by atoms with Crippen molar-refractivity contribution >= 4 is 17.4 Å². The molecule has 23 heavy (non-hydrogen) atoms. The first-order chi connectivity index (χ1) is 11.2. The van der Waals surface area contributed by atoms with Crippen LogP contribution in [0.2, 0.25) is 0 Å². The summed E-state index contributed by atoms with van der Waals surface area (Å²) >= 11 is 0. The first kappa shape index (κ1) is 13.9. The van der Waals surface area contributed by atoms with Crippen LogP contribution in [0, 0.1) is 0 Å². The van der Waals surface area contributed by atoms with E-state index in [-0.39, 0.29) is 18.5 Å². The molecule has 2 aliphatic rings. The fourth-order valence-corrected chi connectivity index (χ4v) is 3.05. The zero-order chi connectivity index (χ0) is 15.8. The third kappa shape index (κ3) is 2.46. The molecule has 1 aromatic heterocycles. The number of Topliss-reactive ketones (excluding diaryl/α,β-unsaturated/α-hetero) is 1. The Labute approximate surface area is 132 Å². The molecule has 2 heterocycles. The average molecular weight is 312 g/mol. The first-order valence-electron chi connectivity index (χ1n) is 7.67. The van der Waals surface area contributed by atoms with E-state index in [9.17, 15) is 9.59 Å². The smallest absolute Gasteiger partial charge is 0.257 e. The van der Waals surface area contributed by atoms with Crippen molar-refractivity contribution in [3.05, 3.63) is 41.2 Å². The summed E-state index contributed by atoms with van der Waals surface area (Å²) in [7, 11) is 0. The van der Waals surface area contributed by atoms with Crippen LogP contribution < -0.4 is 14.8 Å². The average Bonchev–Trinajstić information content (AvgIpc) is 3.13. The molecule has 118 valence electrons. The number of aromatic nitrogens is 1. The summed E-state index contributed by atoms with van der Waals surface area (Å²) in [5, 5.41) is 2.82. The molecule has 2 aromatic rings. The van der Waals surface area contributed by atoms with E-state index in [0.29, 0.717) is 34.7 Å². The van der Waals surface area contributed by atoms with Crippen LogP contribution in [0.25, 0.3) is 0 Å². The number of ether oxygens (including phenoxy) is 2. The number of aryl methyl sites for hydroxylation is 1. The number of hydrogen-bond acceptors (Lipinski definition) is 4. The maximum atomic E-state index is 12.5. The Morgan fingerprint density at radius 1 is 1.13 bits per heavy atom. The molecule has 1 aromatic carbocycles. The normalized spacial score (nSPS) is 15.9. The van der Waals surface area contributed by atoms with Gasteiger partial charge in [-0.3, -0.25) is 9.59 Å². The van der Waals surface area contributed by atoms with Crippen LogP contribution in [-0.2, 0) is 6.42 Å². The van der Waals surface area contributed by atoms with Gasteiger partial charge in [-0.1, -0.05) is 0 Å². The Morgan fingerprint density at radius 3 is 2.87 bits per heavy atom. The van der Waals surface area contributed by atoms with E-state index in [0.717, 1.165) is 25.0 Å². The monoisotopic (exact) mass is 312 g/mol. The third-order valence-electron chi connectivity index (χ3n) is 4.20. The standard InChI is InChI=1S/C17H16N2O4/c20-13-4-2-1-3-12-16(13)11(8-18-12)17(21)19-10-5-6-14-15(7-10)23-9-22-14/h5-8,18H,1-4,9H2,(H,19,21). The minimum Gasteiger partial charge on any atom is -0.454 e. The zero-order valence-corrected chi connectivity index (χ0v) is 12.5. The summed E-state index contributed by atoms with van der Waals surface area (Å²) in [4.78, 5) is 27.9. The first-order valence-corrected chi connectivity index (χ1v) is 7.67. The van der Waals surface area contributed by atoms with Gasteiger partial charge in [0.05, 0.1) is 11.1 Å². The Bertz CT molecular complexity index is 794. The summed E-state index contributed by atoms with van der Waals surface area (Å²) in [5.41, 5.74) is 2.42. The number of fused-ring (bicyclic) bond motifs is 2. The number of H-pyrrole nitrogens is 1. The molecule has 0 bridgehead atoms. The molecule has 0 saturated carbocycles. The molecule has 1 aliphatic carbocycles. The second kappa shape index (κ2) is 5.46. The van der Waals surface area contributed by atoms with Crippen molar-refractivity contribution in [2.24, 2.45) is 0 Å². The minimum absolute atomic E-state index is 0.0367. The van der Waals surface area contributed by atoms with E-state index in [4.69, 9.17) is 9.47 Å². The van der Waals surface area contributed by atoms with Crippen LogP contribution in [-0.4, -0.2) is 23.5 Å². The van der Waals surface area contributed by atoms with Crippen molar-refractivity contribution in [2.75, 3.05) is 12.1 Å². The third-order valence-corrected chi connectivity index (χ3v) is 4.20. The van der Waals surface area contributed by atoms with Gasteiger partial charge >= 0.3 is 0 Å². The molecule has 6 nitrogen and oxygen atoms in total. The lowest BCUT2D eigenvalue weighted by atomic mass is 10.0. The van der Waals surface area contributed by atoms with Gasteiger partial charge in [0, 0.05) is 30.1 Å². The molecule has 0 unspecified atom stereocenters. The van der Waals surface area contributed by atoms with E-state index >= 15 is 0 Å². The SMILES string of the molecule is O=C(Nc1ccc2c(c1)OCO2)c1c[nH]c2c1C(=O)CCCC2. The molecule has 0 fully saturated rings. The molecule has 6 heteroatoms. The van der Waals surface area contributed by atoms with Crippen molar-refractivity contribution in [1.29, 1.82) is 0 Å². The van der Waals surface area contributed by atoms with Crippen molar-refractivity contribution < 1.29 is 19.1 Å². The molecule has 0 atom stereocenters. The van der Waals surface area contributed by atoms with Crippen LogP contribution in [0.15, 0.2) is 24.4 Å². The second-order valence-electron chi connectivity index (χ2n) is 5.71. The number of carbonyl (C=O) groups excluding carboxylic acids is 2. The second-order valence-corrected chi connectivity index (χ2v) is 5.71. The number of nitrogens with one attached hydrogen (secondary N) is 2. The highest BCUT2D eigenvalue weighted by atomic mass is 16.7. The Balaban J connectivity index is 1.60. The quantitative estimate of drug-likeness (QED) is 0.836. The van der Waals surface area contributed by atoms with Gasteiger partial charge in [0.15, 0.2) is 17.3 Å². The molecular formula is C17H16N2O4. The lowest BCUT2D eigenvalue weighted by molar-refractivity contribution is 0.0965. The van der Waals surface area contributed by atoms with Gasteiger partial charge in [-0.2, -0.15) is 0 Å². The van der Waals surface area contributed by atoms with Crippen LogP contribution in [0.1, 0.15) is 45.7 Å². The van der Waals surface area contributed by atoms with E-state index in [1.54, 1.807) is 24.4 Å². The van der Waals surface area contributed by atoms with E-state index in [2.05, 4.69) is 10.3 Å². The number of hydrogen-bond donors (Lipinski definition) is 2. The molecule has 1 aliphatic heterocycles. The van der Waals surface area contributed by atoms with Gasteiger partial charge in [-0.25, -0.2) is 0 Å². The van der Waals surface area contributed by atoms with Gasteiger partial charge in [0.25, 0.3) is 5.91 Å². The summed E-state index contributed by atoms with van der Waals surface area (Å²) in [6.07, 6.45) is 4.75. The van der Waals surface area contributed by atoms with Crippen LogP contribution in [0.4, 0.5) is 5.69 Å². The van der Waals surface area contributed by atoms with E-state index in [1.807, 2.05) is 0 Å². The fraction of sp³-hybridized carbons (Fsp3) is 0.294. The minimum atomic E-state index is -0.295. The Morgan fingerprint density at radius 2 is 1.96 bits per heavy atom. The zero-order valence-electron chi connectivity index (χ0n) is 12.5. The lowest BCUT2D eigenvalue weighted by Crippen LogP contribution is -2.15. The van der Waals surface area contributed by atoms with Gasteiger partial charge < -0.3 is 19.8 Å². The number of rotatable bonds is 2. The highest BCUT2D eigenvalue weighted by molar-refractivity contribution is 6.13. The summed E-state index contributed by atoms with van der Waals surface area (Å²) in [6.45, 7) is 0.187. The molecule has 0 radical (unpaired) electrons. The molecule has 0 saturated heterocycles. The number of ketones is 1. The molecular weight excluding hydrogens is 296 g/mol. The maximum Gasteiger partial charge on any atom is 0.257 e. The highest BCUT2D eigenvalue weighted by Crippen LogP contribution is 2.34. The lowest BCUT2D eigenvalue weighted by Gasteiger charge is -2.07. The number of carbonyl (C=O) groups is 2. The number of aromatic amines is 1. The van der Waals surface area contributed by atoms with Crippen molar-refractivity contribution in [3.63, 3.8) is 0 Å². The number of anilines is 1. The Hall–Kier alpha value is -2.76. The maximum absolute atomic E-state index is 12.5. The topological polar surface area (TPSA) is 80.4 Å². The molecule has 0 spiro atoms. The summed E-state index contributed by atoms with van der Waals surface area (Å²) in [6, 6.07) is 5.21. The summed E-state index contributed by atoms with van der Waals surface area (Å²) < 4.78 is 10.6. The largest absolute Gasteiger partial charge is 0.454 e. The van der Waals surface area contributed by atoms with Gasteiger partial charge in [0.2, 0.25) is 6.79 Å². The van der Waals surface area contributed by atoms with Crippen LogP contribution in [0.3, 0.4) is 0 Å². The number of benzene rings is 1. The van der Waals surface area contributed by atoms with Crippen LogP contribution >= 0.6 is 0 Å². The molecule has 4 rings (SSSR count). The van der Waals surface area contributed by atoms with Gasteiger partial charge in [-0.05, 0) is 31.4 Å².